The maximum absolute atomic E-state index is 13.2. The van der Waals surface area contributed by atoms with E-state index in [1.54, 1.807) is 34.1 Å². The summed E-state index contributed by atoms with van der Waals surface area (Å²) in [6.07, 6.45) is 0. The van der Waals surface area contributed by atoms with Crippen LogP contribution >= 0.6 is 11.6 Å². The highest BCUT2D eigenvalue weighted by molar-refractivity contribution is 7.91. The van der Waals surface area contributed by atoms with Crippen LogP contribution in [0, 0.1) is 6.92 Å². The Hall–Kier alpha value is -2.05. The van der Waals surface area contributed by atoms with Crippen LogP contribution in [0.25, 0.3) is 0 Å². The quantitative estimate of drug-likeness (QED) is 0.756. The molecule has 2 fully saturated rings. The van der Waals surface area contributed by atoms with Crippen molar-refractivity contribution in [1.29, 1.82) is 0 Å². The van der Waals surface area contributed by atoms with Crippen LogP contribution in [0.5, 0.6) is 0 Å². The lowest BCUT2D eigenvalue weighted by Gasteiger charge is -2.23. The molecule has 7 heteroatoms. The number of para-hydroxylation sites is 1. The fourth-order valence-corrected chi connectivity index (χ4v) is 5.86. The summed E-state index contributed by atoms with van der Waals surface area (Å²) in [5, 5.41) is 0.435. The number of halogens is 1. The van der Waals surface area contributed by atoms with Gasteiger partial charge in [-0.2, -0.15) is 0 Å². The predicted molar refractivity (Wildman–Crippen MR) is 99.2 cm³/mol. The SMILES string of the molecule is Cc1cccc(N2C(=O)N(c3ccccc3Cl)[C@H]3CS(=O)(=O)C[C@H]32)c1. The summed E-state index contributed by atoms with van der Waals surface area (Å²) >= 11 is 6.29. The number of anilines is 2. The number of benzene rings is 2. The minimum atomic E-state index is -3.21. The Morgan fingerprint density at radius 2 is 1.68 bits per heavy atom. The van der Waals surface area contributed by atoms with E-state index in [4.69, 9.17) is 11.6 Å². The summed E-state index contributed by atoms with van der Waals surface area (Å²) in [7, 11) is -3.21. The number of fused-ring (bicyclic) bond motifs is 1. The van der Waals surface area contributed by atoms with Gasteiger partial charge in [0.25, 0.3) is 0 Å². The number of sulfone groups is 1. The second-order valence-electron chi connectivity index (χ2n) is 6.52. The van der Waals surface area contributed by atoms with Gasteiger partial charge in [0.15, 0.2) is 9.84 Å². The van der Waals surface area contributed by atoms with E-state index in [0.717, 1.165) is 5.56 Å². The zero-order valence-electron chi connectivity index (χ0n) is 13.6. The van der Waals surface area contributed by atoms with Gasteiger partial charge in [0.05, 0.1) is 34.3 Å². The summed E-state index contributed by atoms with van der Waals surface area (Å²) < 4.78 is 24.5. The van der Waals surface area contributed by atoms with Gasteiger partial charge >= 0.3 is 6.03 Å². The molecule has 2 aliphatic rings. The Morgan fingerprint density at radius 1 is 1.00 bits per heavy atom. The van der Waals surface area contributed by atoms with Crippen molar-refractivity contribution in [1.82, 2.24) is 0 Å². The van der Waals surface area contributed by atoms with Gasteiger partial charge in [0.1, 0.15) is 0 Å². The first-order chi connectivity index (χ1) is 11.9. The number of urea groups is 1. The lowest BCUT2D eigenvalue weighted by molar-refractivity contribution is 0.255. The van der Waals surface area contributed by atoms with E-state index >= 15 is 0 Å². The topological polar surface area (TPSA) is 57.7 Å². The van der Waals surface area contributed by atoms with Crippen molar-refractivity contribution in [2.75, 3.05) is 21.3 Å². The molecule has 130 valence electrons. The van der Waals surface area contributed by atoms with Crippen molar-refractivity contribution in [2.45, 2.75) is 19.0 Å². The molecule has 2 heterocycles. The average molecular weight is 377 g/mol. The number of amides is 2. The molecule has 0 spiro atoms. The zero-order valence-corrected chi connectivity index (χ0v) is 15.2. The molecule has 25 heavy (non-hydrogen) atoms. The van der Waals surface area contributed by atoms with Crippen LogP contribution in [0.3, 0.4) is 0 Å². The third kappa shape index (κ3) is 2.69. The van der Waals surface area contributed by atoms with Gasteiger partial charge in [-0.15, -0.1) is 0 Å². The smallest absolute Gasteiger partial charge is 0.288 e. The molecule has 2 saturated heterocycles. The van der Waals surface area contributed by atoms with E-state index in [9.17, 15) is 13.2 Å². The molecule has 4 rings (SSSR count). The standard InChI is InChI=1S/C18H17ClN2O3S/c1-12-5-4-6-13(9-12)20-16-10-25(23,24)11-17(16)21(18(20)22)15-8-3-2-7-14(15)19/h2-9,16-17H,10-11H2,1H3/t16-,17+/m1/s1. The fourth-order valence-electron chi connectivity index (χ4n) is 3.71. The van der Waals surface area contributed by atoms with Crippen molar-refractivity contribution in [3.63, 3.8) is 0 Å². The summed E-state index contributed by atoms with van der Waals surface area (Å²) in [5.41, 5.74) is 2.28. The molecular formula is C18H17ClN2O3S. The Kier molecular flexibility index (Phi) is 3.77. The largest absolute Gasteiger partial charge is 0.329 e. The van der Waals surface area contributed by atoms with Crippen LogP contribution in [0.4, 0.5) is 16.2 Å². The predicted octanol–water partition coefficient (Wildman–Crippen LogP) is 3.26. The van der Waals surface area contributed by atoms with Crippen LogP contribution in [0.15, 0.2) is 48.5 Å². The zero-order chi connectivity index (χ0) is 17.8. The van der Waals surface area contributed by atoms with Crippen LogP contribution in [-0.4, -0.2) is 38.0 Å². The summed E-state index contributed by atoms with van der Waals surface area (Å²) in [6.45, 7) is 1.94. The molecule has 0 unspecified atom stereocenters. The molecule has 2 aliphatic heterocycles. The number of nitrogens with zero attached hydrogens (tertiary/aromatic N) is 2. The number of carbonyl (C=O) groups is 1. The van der Waals surface area contributed by atoms with E-state index in [0.29, 0.717) is 16.4 Å². The lowest BCUT2D eigenvalue weighted by atomic mass is 10.1. The van der Waals surface area contributed by atoms with Gasteiger partial charge in [0, 0.05) is 5.69 Å². The number of hydrogen-bond donors (Lipinski definition) is 0. The Balaban J connectivity index is 1.84. The van der Waals surface area contributed by atoms with Gasteiger partial charge in [-0.25, -0.2) is 13.2 Å². The molecule has 0 radical (unpaired) electrons. The van der Waals surface area contributed by atoms with Crippen molar-refractivity contribution >= 4 is 38.8 Å². The molecule has 0 aromatic heterocycles. The average Bonchev–Trinajstić information content (AvgIpc) is 2.97. The first-order valence-electron chi connectivity index (χ1n) is 8.01. The van der Waals surface area contributed by atoms with Crippen molar-refractivity contribution in [3.8, 4) is 0 Å². The van der Waals surface area contributed by atoms with Gasteiger partial charge in [-0.3, -0.25) is 9.80 Å². The summed E-state index contributed by atoms with van der Waals surface area (Å²) in [4.78, 5) is 16.3. The molecule has 0 aliphatic carbocycles. The van der Waals surface area contributed by atoms with Gasteiger partial charge in [-0.1, -0.05) is 35.9 Å². The highest BCUT2D eigenvalue weighted by Gasteiger charge is 2.54. The molecule has 0 N–H and O–H groups in total. The number of aryl methyl sites for hydroxylation is 1. The van der Waals surface area contributed by atoms with Crippen molar-refractivity contribution in [3.05, 3.63) is 59.1 Å². The molecule has 2 aromatic carbocycles. The van der Waals surface area contributed by atoms with E-state index in [-0.39, 0.29) is 17.5 Å². The maximum Gasteiger partial charge on any atom is 0.329 e. The molecule has 0 bridgehead atoms. The Labute approximate surface area is 151 Å². The monoisotopic (exact) mass is 376 g/mol. The molecule has 5 nitrogen and oxygen atoms in total. The van der Waals surface area contributed by atoms with Gasteiger partial charge in [-0.05, 0) is 36.8 Å². The van der Waals surface area contributed by atoms with E-state index < -0.39 is 21.9 Å². The third-order valence-corrected chi connectivity index (χ3v) is 6.78. The van der Waals surface area contributed by atoms with E-state index in [1.165, 1.54) is 0 Å². The third-order valence-electron chi connectivity index (χ3n) is 4.76. The summed E-state index contributed by atoms with van der Waals surface area (Å²) in [6, 6.07) is 13.5. The van der Waals surface area contributed by atoms with Gasteiger partial charge in [0.2, 0.25) is 0 Å². The normalized spacial score (nSPS) is 24.6. The van der Waals surface area contributed by atoms with E-state index in [1.807, 2.05) is 31.2 Å². The number of carbonyl (C=O) groups excluding carboxylic acids is 1. The number of rotatable bonds is 2. The minimum Gasteiger partial charge on any atom is -0.288 e. The van der Waals surface area contributed by atoms with Crippen LogP contribution < -0.4 is 9.80 Å². The highest BCUT2D eigenvalue weighted by atomic mass is 35.5. The second kappa shape index (κ2) is 5.75. The first kappa shape index (κ1) is 16.4. The lowest BCUT2D eigenvalue weighted by Crippen LogP contribution is -2.38. The molecule has 2 aromatic rings. The highest BCUT2D eigenvalue weighted by Crippen LogP contribution is 2.40. The second-order valence-corrected chi connectivity index (χ2v) is 9.09. The van der Waals surface area contributed by atoms with E-state index in [2.05, 4.69) is 0 Å². The minimum absolute atomic E-state index is 0.0295. The van der Waals surface area contributed by atoms with Crippen LogP contribution in [0.1, 0.15) is 5.56 Å². The molecule has 2 amide bonds. The Morgan fingerprint density at radius 3 is 2.36 bits per heavy atom. The number of hydrogen-bond acceptors (Lipinski definition) is 3. The fraction of sp³-hybridized carbons (Fsp3) is 0.278. The molecule has 0 saturated carbocycles. The van der Waals surface area contributed by atoms with Crippen LogP contribution in [-0.2, 0) is 9.84 Å². The first-order valence-corrected chi connectivity index (χ1v) is 10.2. The van der Waals surface area contributed by atoms with Crippen molar-refractivity contribution < 1.29 is 13.2 Å². The summed E-state index contributed by atoms with van der Waals surface area (Å²) in [5.74, 6) is -0.0742. The Bertz CT molecular complexity index is 960. The molecular weight excluding hydrogens is 360 g/mol. The maximum atomic E-state index is 13.2. The molecule has 2 atom stereocenters. The van der Waals surface area contributed by atoms with Gasteiger partial charge < -0.3 is 0 Å². The van der Waals surface area contributed by atoms with Crippen molar-refractivity contribution in [2.24, 2.45) is 0 Å². The van der Waals surface area contributed by atoms with Crippen LogP contribution in [0.2, 0.25) is 5.02 Å².